The number of hydrogen-bond donors (Lipinski definition) is 1. The highest BCUT2D eigenvalue weighted by Gasteiger charge is 2.35. The van der Waals surface area contributed by atoms with Crippen LogP contribution < -0.4 is 19.7 Å². The van der Waals surface area contributed by atoms with Crippen molar-refractivity contribution in [3.63, 3.8) is 0 Å². The van der Waals surface area contributed by atoms with Crippen LogP contribution in [0.15, 0.2) is 72.8 Å². The molecule has 0 aliphatic carbocycles. The molecule has 27 heavy (non-hydrogen) atoms. The number of rotatable bonds is 4. The van der Waals surface area contributed by atoms with Crippen molar-refractivity contribution in [1.82, 2.24) is 0 Å². The number of fused-ring (bicyclic) bond motifs is 1. The third-order valence-corrected chi connectivity index (χ3v) is 4.70. The van der Waals surface area contributed by atoms with Crippen LogP contribution >= 0.6 is 0 Å². The molecule has 3 aromatic rings. The molecule has 0 aromatic heterocycles. The summed E-state index contributed by atoms with van der Waals surface area (Å²) in [4.78, 5) is 15.1. The molecule has 0 saturated carbocycles. The zero-order valence-electron chi connectivity index (χ0n) is 15.2. The van der Waals surface area contributed by atoms with Gasteiger partial charge in [0, 0.05) is 23.0 Å². The van der Waals surface area contributed by atoms with Gasteiger partial charge in [0.25, 0.3) is 5.91 Å². The van der Waals surface area contributed by atoms with Crippen LogP contribution in [-0.2, 0) is 0 Å². The van der Waals surface area contributed by atoms with Crippen molar-refractivity contribution in [2.45, 2.75) is 6.17 Å². The fourth-order valence-corrected chi connectivity index (χ4v) is 3.37. The number of carbonyl (C=O) groups excluding carboxylic acids is 1. The number of hydrogen-bond acceptors (Lipinski definition) is 4. The van der Waals surface area contributed by atoms with E-state index in [2.05, 4.69) is 5.32 Å². The van der Waals surface area contributed by atoms with Gasteiger partial charge in [-0.1, -0.05) is 30.3 Å². The van der Waals surface area contributed by atoms with Gasteiger partial charge >= 0.3 is 0 Å². The average molecular weight is 360 g/mol. The van der Waals surface area contributed by atoms with Gasteiger partial charge in [-0.3, -0.25) is 9.69 Å². The Kier molecular flexibility index (Phi) is 4.42. The van der Waals surface area contributed by atoms with E-state index in [-0.39, 0.29) is 5.91 Å². The summed E-state index contributed by atoms with van der Waals surface area (Å²) >= 11 is 0. The summed E-state index contributed by atoms with van der Waals surface area (Å²) in [5.41, 5.74) is 3.11. The van der Waals surface area contributed by atoms with E-state index in [4.69, 9.17) is 9.47 Å². The van der Waals surface area contributed by atoms with E-state index >= 15 is 0 Å². The summed E-state index contributed by atoms with van der Waals surface area (Å²) < 4.78 is 10.9. The minimum Gasteiger partial charge on any atom is -0.497 e. The van der Waals surface area contributed by atoms with Gasteiger partial charge in [-0.2, -0.15) is 0 Å². The Balaban J connectivity index is 1.88. The van der Waals surface area contributed by atoms with Crippen LogP contribution in [0.3, 0.4) is 0 Å². The van der Waals surface area contributed by atoms with Gasteiger partial charge in [0.1, 0.15) is 17.7 Å². The highest BCUT2D eigenvalue weighted by molar-refractivity contribution is 6.12. The van der Waals surface area contributed by atoms with Gasteiger partial charge in [-0.05, 0) is 36.4 Å². The largest absolute Gasteiger partial charge is 0.497 e. The number of benzene rings is 3. The Bertz CT molecular complexity index is 972. The van der Waals surface area contributed by atoms with E-state index in [9.17, 15) is 4.79 Å². The third-order valence-electron chi connectivity index (χ3n) is 4.70. The molecule has 0 radical (unpaired) electrons. The first-order valence-corrected chi connectivity index (χ1v) is 8.69. The molecule has 5 heteroatoms. The lowest BCUT2D eigenvalue weighted by Gasteiger charge is -2.38. The Labute approximate surface area is 158 Å². The van der Waals surface area contributed by atoms with Crippen molar-refractivity contribution in [3.8, 4) is 11.5 Å². The molecule has 0 bridgehead atoms. The lowest BCUT2D eigenvalue weighted by molar-refractivity contribution is 0.0974. The summed E-state index contributed by atoms with van der Waals surface area (Å²) in [7, 11) is 3.23. The van der Waals surface area contributed by atoms with Gasteiger partial charge < -0.3 is 14.8 Å². The Morgan fingerprint density at radius 1 is 0.889 bits per heavy atom. The number of ether oxygens (including phenoxy) is 2. The SMILES string of the molecule is COc1ccc(C2Nc3ccccc3C(=O)N2c2ccccc2)c(OC)c1. The smallest absolute Gasteiger partial charge is 0.262 e. The van der Waals surface area contributed by atoms with Crippen molar-refractivity contribution in [2.75, 3.05) is 24.4 Å². The second-order valence-electron chi connectivity index (χ2n) is 6.21. The second-order valence-corrected chi connectivity index (χ2v) is 6.21. The van der Waals surface area contributed by atoms with Crippen LogP contribution in [0.5, 0.6) is 11.5 Å². The molecule has 5 nitrogen and oxygen atoms in total. The van der Waals surface area contributed by atoms with Gasteiger partial charge in [-0.15, -0.1) is 0 Å². The maximum atomic E-state index is 13.3. The van der Waals surface area contributed by atoms with E-state index < -0.39 is 6.17 Å². The number of carbonyl (C=O) groups is 1. The minimum absolute atomic E-state index is 0.0570. The van der Waals surface area contributed by atoms with E-state index in [1.807, 2.05) is 72.8 Å². The molecule has 1 aliphatic rings. The Hall–Kier alpha value is -3.47. The number of nitrogens with one attached hydrogen (secondary N) is 1. The molecule has 1 heterocycles. The van der Waals surface area contributed by atoms with Gasteiger partial charge in [0.15, 0.2) is 0 Å². The van der Waals surface area contributed by atoms with Crippen molar-refractivity contribution >= 4 is 17.3 Å². The maximum Gasteiger partial charge on any atom is 0.262 e. The van der Waals surface area contributed by atoms with Gasteiger partial charge in [-0.25, -0.2) is 0 Å². The number of anilines is 2. The molecule has 1 atom stereocenters. The summed E-state index contributed by atoms with van der Waals surface area (Å²) in [5.74, 6) is 1.29. The first-order chi connectivity index (χ1) is 13.2. The topological polar surface area (TPSA) is 50.8 Å². The van der Waals surface area contributed by atoms with Gasteiger partial charge in [0.2, 0.25) is 0 Å². The molecule has 136 valence electrons. The maximum absolute atomic E-state index is 13.3. The number of amides is 1. The zero-order valence-corrected chi connectivity index (χ0v) is 15.2. The van der Waals surface area contributed by atoms with Crippen LogP contribution in [0.2, 0.25) is 0 Å². The highest BCUT2D eigenvalue weighted by Crippen LogP contribution is 2.40. The molecule has 0 spiro atoms. The summed E-state index contributed by atoms with van der Waals surface area (Å²) in [6.45, 7) is 0. The molecule has 3 aromatic carbocycles. The average Bonchev–Trinajstić information content (AvgIpc) is 2.73. The molecule has 1 amide bonds. The molecular weight excluding hydrogens is 340 g/mol. The number of nitrogens with zero attached hydrogens (tertiary/aromatic N) is 1. The monoisotopic (exact) mass is 360 g/mol. The van der Waals surface area contributed by atoms with Crippen molar-refractivity contribution in [1.29, 1.82) is 0 Å². The molecule has 1 N–H and O–H groups in total. The fourth-order valence-electron chi connectivity index (χ4n) is 3.37. The molecule has 4 rings (SSSR count). The quantitative estimate of drug-likeness (QED) is 0.746. The lowest BCUT2D eigenvalue weighted by atomic mass is 10.0. The van der Waals surface area contributed by atoms with Gasteiger partial charge in [0.05, 0.1) is 19.8 Å². The van der Waals surface area contributed by atoms with E-state index in [1.54, 1.807) is 19.1 Å². The van der Waals surface area contributed by atoms with Crippen LogP contribution in [0.4, 0.5) is 11.4 Å². The Morgan fingerprint density at radius 3 is 2.37 bits per heavy atom. The van der Waals surface area contributed by atoms with E-state index in [1.165, 1.54) is 0 Å². The lowest BCUT2D eigenvalue weighted by Crippen LogP contribution is -2.43. The van der Waals surface area contributed by atoms with Crippen LogP contribution in [0, 0.1) is 0 Å². The van der Waals surface area contributed by atoms with Crippen molar-refractivity contribution < 1.29 is 14.3 Å². The summed E-state index contributed by atoms with van der Waals surface area (Å²) in [6.07, 6.45) is -0.407. The molecular formula is C22H20N2O3. The summed E-state index contributed by atoms with van der Waals surface area (Å²) in [6, 6.07) is 22.8. The van der Waals surface area contributed by atoms with Crippen molar-refractivity contribution in [2.24, 2.45) is 0 Å². The molecule has 1 unspecified atom stereocenters. The minimum atomic E-state index is -0.407. The molecule has 1 aliphatic heterocycles. The predicted molar refractivity (Wildman–Crippen MR) is 106 cm³/mol. The van der Waals surface area contributed by atoms with E-state index in [0.29, 0.717) is 17.1 Å². The second kappa shape index (κ2) is 7.03. The van der Waals surface area contributed by atoms with Crippen LogP contribution in [-0.4, -0.2) is 20.1 Å². The van der Waals surface area contributed by atoms with Crippen LogP contribution in [0.1, 0.15) is 22.1 Å². The summed E-state index contributed by atoms with van der Waals surface area (Å²) in [5, 5.41) is 3.49. The first kappa shape index (κ1) is 17.0. The number of para-hydroxylation sites is 2. The zero-order chi connectivity index (χ0) is 18.8. The number of methoxy groups -OCH3 is 2. The highest BCUT2D eigenvalue weighted by atomic mass is 16.5. The third kappa shape index (κ3) is 2.97. The standard InChI is InChI=1S/C22H20N2O3/c1-26-16-12-13-18(20(14-16)27-2)21-23-19-11-7-6-10-17(19)22(25)24(21)15-8-4-3-5-9-15/h3-14,21,23H,1-2H3. The van der Waals surface area contributed by atoms with Crippen molar-refractivity contribution in [3.05, 3.63) is 83.9 Å². The fraction of sp³-hybridized carbons (Fsp3) is 0.136. The Morgan fingerprint density at radius 2 is 1.63 bits per heavy atom. The molecule has 0 saturated heterocycles. The van der Waals surface area contributed by atoms with E-state index in [0.717, 1.165) is 16.9 Å². The first-order valence-electron chi connectivity index (χ1n) is 8.69. The molecule has 0 fully saturated rings. The van der Waals surface area contributed by atoms with Crippen LogP contribution in [0.25, 0.3) is 0 Å². The predicted octanol–water partition coefficient (Wildman–Crippen LogP) is 4.47. The normalized spacial score (nSPS) is 15.7.